The molecule has 4 unspecified atom stereocenters. The van der Waals surface area contributed by atoms with E-state index in [2.05, 4.69) is 116 Å². The van der Waals surface area contributed by atoms with Gasteiger partial charge in [-0.25, -0.2) is 0 Å². The van der Waals surface area contributed by atoms with Gasteiger partial charge in [0.15, 0.2) is 0 Å². The first-order valence-electron chi connectivity index (χ1n) is 31.2. The second kappa shape index (κ2) is 29.9. The van der Waals surface area contributed by atoms with Crippen molar-refractivity contribution in [2.45, 2.75) is 83.3 Å². The van der Waals surface area contributed by atoms with E-state index >= 15 is 0 Å². The standard InChI is InChI=1S/C15H22N4O.C15H21N3O.C14H19N3O2.C12H16N2O.C11H14N2O2/c1-16-12-4-3-11-9-14(15(20)17-13(11)10-12)19-7-5-18(2)6-8-19;1-16-12-6-5-11-9-14(15(19)17-13(11)10-12)18-7-3-2-4-8-18;1-15-11-3-2-10-8-13(14(18)16-12(10)9-11)17-4-6-19-7-5-17;1-12(2)7-8-4-5-9(13-3)6-10(8)14-11(12)15;1-12-9-3-2-7-4-8(6-14)11(15)13-10(7)5-9/h3-4,10,14,16H,5-9H2,1-2H3,(H,17,20);5-6,10,14,16H,2-4,7-9H2,1H3,(H,17,19);2-3,9,13,15H,4-8H2,1H3,(H,16,18);4-6,13H,7H2,1-3H3,(H,14,15);2-3,5,8,12,14H,4,6H2,1H3,(H,13,15). The summed E-state index contributed by atoms with van der Waals surface area (Å²) in [5.41, 5.74) is 15.4. The number of likely N-dealkylation sites (N-methyl/N-ethyl adjacent to an activating group) is 1. The molecule has 8 aliphatic rings. The average Bonchev–Trinajstić information content (AvgIpc) is 2.48. The first-order chi connectivity index (χ1) is 42.5. The zero-order chi connectivity index (χ0) is 62.5. The third-order valence-corrected chi connectivity index (χ3v) is 18.0. The molecule has 13 rings (SSSR count). The molecule has 0 aliphatic carbocycles. The molecule has 5 amide bonds. The van der Waals surface area contributed by atoms with Crippen molar-refractivity contribution in [2.75, 3.05) is 168 Å². The van der Waals surface area contributed by atoms with E-state index < -0.39 is 0 Å². The summed E-state index contributed by atoms with van der Waals surface area (Å²) in [6, 6.07) is 30.4. The Labute approximate surface area is 518 Å². The fourth-order valence-electron chi connectivity index (χ4n) is 12.4. The Morgan fingerprint density at radius 1 is 0.443 bits per heavy atom. The Bertz CT molecular complexity index is 3170. The number of anilines is 10. The molecule has 0 aromatic heterocycles. The molecule has 3 saturated heterocycles. The third kappa shape index (κ3) is 16.1. The molecule has 4 atom stereocenters. The maximum Gasteiger partial charge on any atom is 0.242 e. The number of nitrogens with zero attached hydrogens (tertiary/aromatic N) is 4. The molecule has 5 aromatic carbocycles. The molecule has 8 heterocycles. The van der Waals surface area contributed by atoms with Gasteiger partial charge in [-0.05, 0) is 154 Å². The molecule has 3 fully saturated rings. The minimum absolute atomic E-state index is 0.0170. The van der Waals surface area contributed by atoms with Gasteiger partial charge in [0.2, 0.25) is 29.5 Å². The van der Waals surface area contributed by atoms with Gasteiger partial charge >= 0.3 is 0 Å². The van der Waals surface area contributed by atoms with Crippen LogP contribution < -0.4 is 53.2 Å². The summed E-state index contributed by atoms with van der Waals surface area (Å²) in [5.74, 6) is 0.0834. The number of piperazine rings is 1. The van der Waals surface area contributed by atoms with E-state index in [1.54, 1.807) is 0 Å². The first kappa shape index (κ1) is 64.7. The van der Waals surface area contributed by atoms with Crippen molar-refractivity contribution in [1.29, 1.82) is 0 Å². The molecule has 0 radical (unpaired) electrons. The molecule has 0 saturated carbocycles. The monoisotopic (exact) mass is 1200 g/mol. The maximum absolute atomic E-state index is 12.4. The zero-order valence-electron chi connectivity index (χ0n) is 52.6. The molecule has 472 valence electrons. The van der Waals surface area contributed by atoms with E-state index in [0.717, 1.165) is 154 Å². The van der Waals surface area contributed by atoms with Crippen LogP contribution in [-0.4, -0.2) is 187 Å². The van der Waals surface area contributed by atoms with Crippen LogP contribution in [0.3, 0.4) is 0 Å². The smallest absolute Gasteiger partial charge is 0.242 e. The van der Waals surface area contributed by atoms with Crippen molar-refractivity contribution in [3.63, 3.8) is 0 Å². The Kier molecular flexibility index (Phi) is 22.0. The second-order valence-corrected chi connectivity index (χ2v) is 24.4. The Morgan fingerprint density at radius 2 is 0.784 bits per heavy atom. The molecule has 0 bridgehead atoms. The van der Waals surface area contributed by atoms with E-state index in [1.165, 1.54) is 41.5 Å². The molecule has 88 heavy (non-hydrogen) atoms. The molecule has 21 heteroatoms. The number of benzene rings is 5. The van der Waals surface area contributed by atoms with Gasteiger partial charge in [0.1, 0.15) is 0 Å². The summed E-state index contributed by atoms with van der Waals surface area (Å²) >= 11 is 0. The quantitative estimate of drug-likeness (QED) is 0.0717. The second-order valence-electron chi connectivity index (χ2n) is 24.4. The summed E-state index contributed by atoms with van der Waals surface area (Å²) in [7, 11) is 11.5. The van der Waals surface area contributed by atoms with Crippen LogP contribution in [0.15, 0.2) is 91.0 Å². The van der Waals surface area contributed by atoms with Crippen molar-refractivity contribution in [3.8, 4) is 0 Å². The minimum Gasteiger partial charge on any atom is -0.396 e. The van der Waals surface area contributed by atoms with Crippen LogP contribution in [0.25, 0.3) is 0 Å². The lowest BCUT2D eigenvalue weighted by atomic mass is 9.81. The number of rotatable bonds is 9. The molecular formula is C67H92N14O7. The normalized spacial score (nSPS) is 22.0. The van der Waals surface area contributed by atoms with E-state index in [9.17, 15) is 24.0 Å². The molecular weight excluding hydrogens is 1110 g/mol. The minimum atomic E-state index is -0.307. The van der Waals surface area contributed by atoms with E-state index in [1.807, 2.05) is 104 Å². The highest BCUT2D eigenvalue weighted by Gasteiger charge is 2.36. The fourth-order valence-corrected chi connectivity index (χ4v) is 12.4. The summed E-state index contributed by atoms with van der Waals surface area (Å²) < 4.78 is 5.34. The van der Waals surface area contributed by atoms with E-state index in [-0.39, 0.29) is 65.6 Å². The predicted molar refractivity (Wildman–Crippen MR) is 354 cm³/mol. The van der Waals surface area contributed by atoms with Crippen molar-refractivity contribution in [3.05, 3.63) is 119 Å². The predicted octanol–water partition coefficient (Wildman–Crippen LogP) is 6.92. The molecule has 0 spiro atoms. The SMILES string of the molecule is CNc1ccc2c(c1)NC(=O)C(C)(C)C2.CNc1ccc2c(c1)NC(=O)C(CO)C2.CNc1ccc2c(c1)NC(=O)C(N1CCCCC1)C2.CNc1ccc2c(c1)NC(=O)C(N1CCN(C)CC1)C2.CNc1ccc2c(c1)NC(=O)C(N1CCOCC1)C2. The number of aliphatic hydroxyl groups is 1. The number of carbonyl (C=O) groups excluding carboxylic acids is 5. The van der Waals surface area contributed by atoms with Crippen LogP contribution in [0.1, 0.15) is 60.9 Å². The lowest BCUT2D eigenvalue weighted by Crippen LogP contribution is -2.54. The Morgan fingerprint density at radius 3 is 1.17 bits per heavy atom. The topological polar surface area (TPSA) is 248 Å². The summed E-state index contributed by atoms with van der Waals surface area (Å²) in [4.78, 5) is 69.3. The number of fused-ring (bicyclic) bond motifs is 5. The van der Waals surface area contributed by atoms with Crippen LogP contribution in [0.2, 0.25) is 0 Å². The highest BCUT2D eigenvalue weighted by molar-refractivity contribution is 6.01. The van der Waals surface area contributed by atoms with Crippen LogP contribution in [0.4, 0.5) is 56.9 Å². The lowest BCUT2D eigenvalue weighted by Gasteiger charge is -2.39. The van der Waals surface area contributed by atoms with Crippen LogP contribution in [0, 0.1) is 11.3 Å². The van der Waals surface area contributed by atoms with Gasteiger partial charge in [0.05, 0.1) is 43.9 Å². The highest BCUT2D eigenvalue weighted by atomic mass is 16.5. The van der Waals surface area contributed by atoms with Crippen molar-refractivity contribution in [2.24, 2.45) is 11.3 Å². The average molecular weight is 1210 g/mol. The largest absolute Gasteiger partial charge is 0.396 e. The zero-order valence-corrected chi connectivity index (χ0v) is 52.6. The number of aliphatic hydroxyl groups excluding tert-OH is 1. The Balaban J connectivity index is 0.000000132. The Hall–Kier alpha value is -7.79. The van der Waals surface area contributed by atoms with Crippen molar-refractivity contribution >= 4 is 86.4 Å². The number of amides is 5. The van der Waals surface area contributed by atoms with Gasteiger partial charge in [0, 0.05) is 137 Å². The number of likely N-dealkylation sites (tertiary alicyclic amines) is 1. The molecule has 5 aromatic rings. The van der Waals surface area contributed by atoms with Crippen LogP contribution in [-0.2, 0) is 60.8 Å². The molecule has 11 N–H and O–H groups in total. The molecule has 8 aliphatic heterocycles. The van der Waals surface area contributed by atoms with Gasteiger partial charge in [-0.15, -0.1) is 0 Å². The summed E-state index contributed by atoms with van der Waals surface area (Å²) in [5, 5.41) is 39.3. The van der Waals surface area contributed by atoms with Crippen LogP contribution >= 0.6 is 0 Å². The first-order valence-corrected chi connectivity index (χ1v) is 31.2. The fraction of sp³-hybridized carbons (Fsp3) is 0.478. The van der Waals surface area contributed by atoms with E-state index in [0.29, 0.717) is 6.42 Å². The summed E-state index contributed by atoms with van der Waals surface area (Å²) in [6.07, 6.45) is 7.59. The van der Waals surface area contributed by atoms with Crippen molar-refractivity contribution < 1.29 is 33.8 Å². The summed E-state index contributed by atoms with van der Waals surface area (Å²) in [6.45, 7) is 13.1. The highest BCUT2D eigenvalue weighted by Crippen LogP contribution is 2.36. The van der Waals surface area contributed by atoms with E-state index in [4.69, 9.17) is 9.84 Å². The third-order valence-electron chi connectivity index (χ3n) is 18.0. The number of morpholine rings is 1. The van der Waals surface area contributed by atoms with Gasteiger partial charge in [0.25, 0.3) is 0 Å². The number of hydrogen-bond acceptors (Lipinski definition) is 16. The van der Waals surface area contributed by atoms with Crippen LogP contribution in [0.5, 0.6) is 0 Å². The number of hydrogen-bond donors (Lipinski definition) is 11. The maximum atomic E-state index is 12.4. The van der Waals surface area contributed by atoms with Gasteiger partial charge in [-0.2, -0.15) is 0 Å². The molecule has 21 nitrogen and oxygen atoms in total. The van der Waals surface area contributed by atoms with Gasteiger partial charge in [-0.1, -0.05) is 50.6 Å². The van der Waals surface area contributed by atoms with Gasteiger partial charge in [-0.3, -0.25) is 38.7 Å². The number of carbonyl (C=O) groups is 5. The number of nitrogens with one attached hydrogen (secondary N) is 10. The lowest BCUT2D eigenvalue weighted by molar-refractivity contribution is -0.124. The number of ether oxygens (including phenoxy) is 1. The van der Waals surface area contributed by atoms with Gasteiger partial charge < -0.3 is 67.9 Å². The van der Waals surface area contributed by atoms with Crippen molar-refractivity contribution in [1.82, 2.24) is 19.6 Å². The number of piperidine rings is 1.